The molecule has 17 heavy (non-hydrogen) atoms. The fourth-order valence-electron chi connectivity index (χ4n) is 2.47. The maximum Gasteiger partial charge on any atom is 0.127 e. The molecule has 0 bridgehead atoms. The number of hydrogen-bond acceptors (Lipinski definition) is 2. The van der Waals surface area contributed by atoms with Crippen LogP contribution in [-0.4, -0.2) is 18.2 Å². The number of hydrogen-bond donors (Lipinski definition) is 1. The average Bonchev–Trinajstić information content (AvgIpc) is 2.27. The molecule has 2 atom stereocenters. The van der Waals surface area contributed by atoms with Crippen molar-refractivity contribution >= 4 is 0 Å². The second-order valence-corrected chi connectivity index (χ2v) is 4.90. The summed E-state index contributed by atoms with van der Waals surface area (Å²) in [6, 6.07) is 7.35. The normalized spacial score (nSPS) is 29.2. The van der Waals surface area contributed by atoms with Crippen LogP contribution in [0.2, 0.25) is 0 Å². The van der Waals surface area contributed by atoms with E-state index in [9.17, 15) is 4.39 Å². The van der Waals surface area contributed by atoms with Gasteiger partial charge in [0.25, 0.3) is 0 Å². The smallest absolute Gasteiger partial charge is 0.127 e. The Morgan fingerprint density at radius 3 is 2.53 bits per heavy atom. The summed E-state index contributed by atoms with van der Waals surface area (Å²) in [5.41, 5.74) is 0.735. The molecule has 1 saturated heterocycles. The lowest BCUT2D eigenvalue weighted by Gasteiger charge is -2.32. The summed E-state index contributed by atoms with van der Waals surface area (Å²) in [6.45, 7) is 4.78. The van der Waals surface area contributed by atoms with Gasteiger partial charge in [-0.25, -0.2) is 4.39 Å². The zero-order valence-corrected chi connectivity index (χ0v) is 10.4. The summed E-state index contributed by atoms with van der Waals surface area (Å²) in [6.07, 6.45) is 2.58. The molecule has 2 rings (SSSR count). The van der Waals surface area contributed by atoms with E-state index in [4.69, 9.17) is 4.74 Å². The molecule has 1 aromatic carbocycles. The molecule has 1 heterocycles. The highest BCUT2D eigenvalue weighted by Gasteiger charge is 2.23. The lowest BCUT2D eigenvalue weighted by atomic mass is 9.99. The third-order valence-electron chi connectivity index (χ3n) is 3.24. The van der Waals surface area contributed by atoms with Gasteiger partial charge in [0.05, 0.1) is 12.2 Å². The highest BCUT2D eigenvalue weighted by atomic mass is 19.1. The Hall–Kier alpha value is -0.930. The first-order chi connectivity index (χ1) is 8.15. The summed E-state index contributed by atoms with van der Waals surface area (Å²) in [4.78, 5) is 0. The molecule has 1 fully saturated rings. The summed E-state index contributed by atoms with van der Waals surface area (Å²) in [7, 11) is 0. The zero-order chi connectivity index (χ0) is 12.3. The van der Waals surface area contributed by atoms with E-state index in [1.165, 1.54) is 6.07 Å². The van der Waals surface area contributed by atoms with Crippen LogP contribution in [0.4, 0.5) is 4.39 Å². The number of ether oxygens (including phenoxy) is 1. The quantitative estimate of drug-likeness (QED) is 0.872. The zero-order valence-electron chi connectivity index (χ0n) is 10.4. The molecule has 0 aromatic heterocycles. The maximum absolute atomic E-state index is 13.4. The molecule has 2 unspecified atom stereocenters. The van der Waals surface area contributed by atoms with Crippen LogP contribution < -0.4 is 5.32 Å². The molecular formula is C14H20FNO. The second kappa shape index (κ2) is 5.61. The topological polar surface area (TPSA) is 21.3 Å². The van der Waals surface area contributed by atoms with E-state index in [0.717, 1.165) is 18.4 Å². The number of rotatable bonds is 3. The molecule has 1 aromatic rings. The Labute approximate surface area is 102 Å². The van der Waals surface area contributed by atoms with Gasteiger partial charge in [0.2, 0.25) is 0 Å². The van der Waals surface area contributed by atoms with Gasteiger partial charge >= 0.3 is 0 Å². The lowest BCUT2D eigenvalue weighted by Crippen LogP contribution is -2.41. The van der Waals surface area contributed by atoms with Crippen LogP contribution in [0.1, 0.15) is 32.3 Å². The summed E-state index contributed by atoms with van der Waals surface area (Å²) >= 11 is 0. The lowest BCUT2D eigenvalue weighted by molar-refractivity contribution is -0.0423. The molecule has 1 aliphatic heterocycles. The van der Waals surface area contributed by atoms with Gasteiger partial charge in [-0.15, -0.1) is 0 Å². The minimum atomic E-state index is -0.131. The van der Waals surface area contributed by atoms with Crippen molar-refractivity contribution in [3.63, 3.8) is 0 Å². The molecular weight excluding hydrogens is 217 g/mol. The van der Waals surface area contributed by atoms with Gasteiger partial charge in [-0.3, -0.25) is 0 Å². The van der Waals surface area contributed by atoms with Crippen molar-refractivity contribution in [1.82, 2.24) is 5.32 Å². The van der Waals surface area contributed by atoms with Gasteiger partial charge in [0, 0.05) is 18.2 Å². The van der Waals surface area contributed by atoms with E-state index in [-0.39, 0.29) is 18.0 Å². The first-order valence-corrected chi connectivity index (χ1v) is 6.27. The van der Waals surface area contributed by atoms with Crippen molar-refractivity contribution in [2.24, 2.45) is 0 Å². The highest BCUT2D eigenvalue weighted by molar-refractivity contribution is 5.17. The number of halogens is 1. The summed E-state index contributed by atoms with van der Waals surface area (Å²) in [5.74, 6) is -0.131. The third kappa shape index (κ3) is 3.51. The molecule has 1 aliphatic rings. The third-order valence-corrected chi connectivity index (χ3v) is 3.24. The van der Waals surface area contributed by atoms with Crippen LogP contribution in [-0.2, 0) is 11.3 Å². The van der Waals surface area contributed by atoms with Crippen LogP contribution in [0, 0.1) is 5.82 Å². The van der Waals surface area contributed by atoms with Crippen molar-refractivity contribution in [2.75, 3.05) is 0 Å². The van der Waals surface area contributed by atoms with Gasteiger partial charge in [-0.2, -0.15) is 0 Å². The Morgan fingerprint density at radius 2 is 1.88 bits per heavy atom. The Balaban J connectivity index is 1.88. The SMILES string of the molecule is CC1CC(NCc2ccccc2F)CC(C)O1. The van der Waals surface area contributed by atoms with Gasteiger partial charge in [-0.05, 0) is 32.8 Å². The molecule has 0 amide bonds. The predicted octanol–water partition coefficient (Wildman–Crippen LogP) is 2.87. The first kappa shape index (κ1) is 12.5. The maximum atomic E-state index is 13.4. The van der Waals surface area contributed by atoms with Gasteiger partial charge in [0.1, 0.15) is 5.82 Å². The minimum absolute atomic E-state index is 0.131. The number of benzene rings is 1. The number of nitrogens with one attached hydrogen (secondary N) is 1. The largest absolute Gasteiger partial charge is 0.375 e. The molecule has 0 spiro atoms. The van der Waals surface area contributed by atoms with Gasteiger partial charge < -0.3 is 10.1 Å². The van der Waals surface area contributed by atoms with E-state index in [2.05, 4.69) is 19.2 Å². The molecule has 1 N–H and O–H groups in total. The van der Waals surface area contributed by atoms with Crippen molar-refractivity contribution < 1.29 is 9.13 Å². The van der Waals surface area contributed by atoms with Crippen LogP contribution in [0.5, 0.6) is 0 Å². The van der Waals surface area contributed by atoms with Crippen LogP contribution in [0.3, 0.4) is 0 Å². The molecule has 0 radical (unpaired) electrons. The molecule has 0 saturated carbocycles. The van der Waals surface area contributed by atoms with Crippen molar-refractivity contribution in [3.05, 3.63) is 35.6 Å². The fraction of sp³-hybridized carbons (Fsp3) is 0.571. The molecule has 0 aliphatic carbocycles. The van der Waals surface area contributed by atoms with Crippen molar-refractivity contribution in [1.29, 1.82) is 0 Å². The van der Waals surface area contributed by atoms with Gasteiger partial charge in [0.15, 0.2) is 0 Å². The Bertz CT molecular complexity index is 359. The minimum Gasteiger partial charge on any atom is -0.375 e. The molecule has 3 heteroatoms. The average molecular weight is 237 g/mol. The second-order valence-electron chi connectivity index (χ2n) is 4.90. The molecule has 94 valence electrons. The van der Waals surface area contributed by atoms with Gasteiger partial charge in [-0.1, -0.05) is 18.2 Å². The van der Waals surface area contributed by atoms with E-state index >= 15 is 0 Å². The fourth-order valence-corrected chi connectivity index (χ4v) is 2.47. The summed E-state index contributed by atoms with van der Waals surface area (Å²) in [5, 5.41) is 3.42. The van der Waals surface area contributed by atoms with Crippen molar-refractivity contribution in [2.45, 2.75) is 51.5 Å². The van der Waals surface area contributed by atoms with Crippen molar-refractivity contribution in [3.8, 4) is 0 Å². The Kier molecular flexibility index (Phi) is 4.13. The van der Waals surface area contributed by atoms with E-state index in [1.807, 2.05) is 12.1 Å². The monoisotopic (exact) mass is 237 g/mol. The van der Waals surface area contributed by atoms with E-state index in [1.54, 1.807) is 6.07 Å². The van der Waals surface area contributed by atoms with Crippen LogP contribution in [0.25, 0.3) is 0 Å². The Morgan fingerprint density at radius 1 is 1.24 bits per heavy atom. The first-order valence-electron chi connectivity index (χ1n) is 6.27. The van der Waals surface area contributed by atoms with E-state index < -0.39 is 0 Å². The van der Waals surface area contributed by atoms with E-state index in [0.29, 0.717) is 12.6 Å². The van der Waals surface area contributed by atoms with Crippen LogP contribution >= 0.6 is 0 Å². The standard InChI is InChI=1S/C14H20FNO/c1-10-7-13(8-11(2)17-10)16-9-12-5-3-4-6-14(12)15/h3-6,10-11,13,16H,7-9H2,1-2H3. The highest BCUT2D eigenvalue weighted by Crippen LogP contribution is 2.19. The van der Waals surface area contributed by atoms with Crippen LogP contribution in [0.15, 0.2) is 24.3 Å². The summed E-state index contributed by atoms with van der Waals surface area (Å²) < 4.78 is 19.1. The molecule has 2 nitrogen and oxygen atoms in total. The predicted molar refractivity (Wildman–Crippen MR) is 66.3 cm³/mol.